The highest BCUT2D eigenvalue weighted by molar-refractivity contribution is 5.57. The predicted molar refractivity (Wildman–Crippen MR) is 36.0 cm³/mol. The molecular formula is C6H11N3. The third-order valence-electron chi connectivity index (χ3n) is 1.97. The van der Waals surface area contributed by atoms with Gasteiger partial charge in [0.05, 0.1) is 0 Å². The highest BCUT2D eigenvalue weighted by Crippen LogP contribution is 2.15. The van der Waals surface area contributed by atoms with Crippen LogP contribution in [0.4, 0.5) is 0 Å². The molecule has 0 radical (unpaired) electrons. The number of rotatable bonds is 0. The molecule has 2 heterocycles. The van der Waals surface area contributed by atoms with E-state index in [-0.39, 0.29) is 0 Å². The van der Waals surface area contributed by atoms with Gasteiger partial charge in [-0.2, -0.15) is 5.10 Å². The fraction of sp³-hybridized carbons (Fsp3) is 0.833. The van der Waals surface area contributed by atoms with Crippen molar-refractivity contribution in [3.05, 3.63) is 0 Å². The fourth-order valence-corrected chi connectivity index (χ4v) is 1.42. The molecule has 50 valence electrons. The maximum atomic E-state index is 3.98. The molecule has 1 saturated heterocycles. The standard InChI is InChI=1S/C6H11N3/c1-2-4-9-5-7-8-6(9)3-1/h5-6,8H,1-4H2. The minimum Gasteiger partial charge on any atom is -0.340 e. The lowest BCUT2D eigenvalue weighted by Gasteiger charge is -2.27. The molecular weight excluding hydrogens is 114 g/mol. The predicted octanol–water partition coefficient (Wildman–Crippen LogP) is 0.345. The smallest absolute Gasteiger partial charge is 0.116 e. The van der Waals surface area contributed by atoms with Crippen molar-refractivity contribution in [2.24, 2.45) is 5.10 Å². The minimum atomic E-state index is 0.527. The summed E-state index contributed by atoms with van der Waals surface area (Å²) in [6.07, 6.45) is 6.35. The van der Waals surface area contributed by atoms with Gasteiger partial charge in [0.25, 0.3) is 0 Å². The molecule has 2 aliphatic rings. The highest BCUT2D eigenvalue weighted by atomic mass is 15.5. The lowest BCUT2D eigenvalue weighted by Crippen LogP contribution is -2.40. The van der Waals surface area contributed by atoms with Crippen LogP contribution in [0, 0.1) is 0 Å². The molecule has 2 aliphatic heterocycles. The second kappa shape index (κ2) is 1.90. The van der Waals surface area contributed by atoms with Gasteiger partial charge in [-0.15, -0.1) is 0 Å². The zero-order valence-electron chi connectivity index (χ0n) is 5.38. The van der Waals surface area contributed by atoms with E-state index in [2.05, 4.69) is 15.4 Å². The van der Waals surface area contributed by atoms with Crippen molar-refractivity contribution in [2.45, 2.75) is 25.4 Å². The van der Waals surface area contributed by atoms with E-state index < -0.39 is 0 Å². The Morgan fingerprint density at radius 1 is 1.56 bits per heavy atom. The third-order valence-corrected chi connectivity index (χ3v) is 1.97. The minimum absolute atomic E-state index is 0.527. The quantitative estimate of drug-likeness (QED) is 0.505. The van der Waals surface area contributed by atoms with E-state index in [4.69, 9.17) is 0 Å². The SMILES string of the molecule is C1=NNC2CCCCN12. The summed E-state index contributed by atoms with van der Waals surface area (Å²) in [5.74, 6) is 0. The highest BCUT2D eigenvalue weighted by Gasteiger charge is 2.22. The summed E-state index contributed by atoms with van der Waals surface area (Å²) in [6, 6.07) is 0. The van der Waals surface area contributed by atoms with Crippen molar-refractivity contribution >= 4 is 6.34 Å². The lowest BCUT2D eigenvalue weighted by atomic mass is 10.1. The van der Waals surface area contributed by atoms with Gasteiger partial charge in [-0.1, -0.05) is 0 Å². The first kappa shape index (κ1) is 5.09. The van der Waals surface area contributed by atoms with Crippen molar-refractivity contribution in [3.63, 3.8) is 0 Å². The number of hydrogen-bond donors (Lipinski definition) is 1. The third kappa shape index (κ3) is 0.763. The summed E-state index contributed by atoms with van der Waals surface area (Å²) in [7, 11) is 0. The van der Waals surface area contributed by atoms with E-state index in [1.807, 2.05) is 6.34 Å². The van der Waals surface area contributed by atoms with Crippen LogP contribution in [0.3, 0.4) is 0 Å². The second-order valence-corrected chi connectivity index (χ2v) is 2.62. The van der Waals surface area contributed by atoms with Crippen LogP contribution < -0.4 is 5.43 Å². The van der Waals surface area contributed by atoms with E-state index in [0.717, 1.165) is 0 Å². The van der Waals surface area contributed by atoms with Gasteiger partial charge < -0.3 is 4.90 Å². The van der Waals surface area contributed by atoms with Gasteiger partial charge in [0, 0.05) is 6.54 Å². The van der Waals surface area contributed by atoms with Crippen LogP contribution in [0.5, 0.6) is 0 Å². The molecule has 2 rings (SSSR count). The van der Waals surface area contributed by atoms with Crippen molar-refractivity contribution in [1.82, 2.24) is 10.3 Å². The topological polar surface area (TPSA) is 27.6 Å². The van der Waals surface area contributed by atoms with Gasteiger partial charge in [-0.3, -0.25) is 5.43 Å². The number of fused-ring (bicyclic) bond motifs is 1. The maximum absolute atomic E-state index is 3.98. The first-order valence-electron chi connectivity index (χ1n) is 3.51. The van der Waals surface area contributed by atoms with Gasteiger partial charge in [0.15, 0.2) is 0 Å². The summed E-state index contributed by atoms with van der Waals surface area (Å²) in [6.45, 7) is 1.18. The van der Waals surface area contributed by atoms with Crippen LogP contribution in [-0.2, 0) is 0 Å². The largest absolute Gasteiger partial charge is 0.340 e. The van der Waals surface area contributed by atoms with Gasteiger partial charge >= 0.3 is 0 Å². The summed E-state index contributed by atoms with van der Waals surface area (Å²) in [4.78, 5) is 2.27. The molecule has 0 aromatic carbocycles. The van der Waals surface area contributed by atoms with Crippen LogP contribution in [0.2, 0.25) is 0 Å². The molecule has 0 aromatic heterocycles. The monoisotopic (exact) mass is 125 g/mol. The average Bonchev–Trinajstić information content (AvgIpc) is 2.33. The Morgan fingerprint density at radius 3 is 3.44 bits per heavy atom. The molecule has 9 heavy (non-hydrogen) atoms. The summed E-state index contributed by atoms with van der Waals surface area (Å²) in [5, 5.41) is 3.98. The Balaban J connectivity index is 2.03. The Labute approximate surface area is 54.7 Å². The first-order valence-corrected chi connectivity index (χ1v) is 3.51. The van der Waals surface area contributed by atoms with E-state index in [0.29, 0.717) is 6.17 Å². The second-order valence-electron chi connectivity index (χ2n) is 2.62. The number of hydrazone groups is 1. The fourth-order valence-electron chi connectivity index (χ4n) is 1.42. The molecule has 1 N–H and O–H groups in total. The van der Waals surface area contributed by atoms with Crippen LogP contribution in [0.1, 0.15) is 19.3 Å². The molecule has 0 saturated carbocycles. The van der Waals surface area contributed by atoms with Gasteiger partial charge in [0.1, 0.15) is 12.5 Å². The van der Waals surface area contributed by atoms with Gasteiger partial charge in [0.2, 0.25) is 0 Å². The Hall–Kier alpha value is -0.730. The average molecular weight is 125 g/mol. The summed E-state index contributed by atoms with van der Waals surface area (Å²) in [5.41, 5.74) is 3.05. The molecule has 0 aromatic rings. The Kier molecular flexibility index (Phi) is 1.07. The molecule has 0 amide bonds. The number of hydrogen-bond acceptors (Lipinski definition) is 3. The Bertz CT molecular complexity index is 132. The van der Waals surface area contributed by atoms with Crippen molar-refractivity contribution in [1.29, 1.82) is 0 Å². The first-order chi connectivity index (χ1) is 4.47. The molecule has 1 unspecified atom stereocenters. The number of piperidine rings is 1. The molecule has 0 bridgehead atoms. The molecule has 1 fully saturated rings. The molecule has 1 atom stereocenters. The van der Waals surface area contributed by atoms with Crippen LogP contribution in [-0.4, -0.2) is 23.9 Å². The van der Waals surface area contributed by atoms with Gasteiger partial charge in [-0.05, 0) is 19.3 Å². The van der Waals surface area contributed by atoms with E-state index >= 15 is 0 Å². The van der Waals surface area contributed by atoms with E-state index in [1.54, 1.807) is 0 Å². The van der Waals surface area contributed by atoms with Crippen LogP contribution in [0.25, 0.3) is 0 Å². The van der Waals surface area contributed by atoms with Crippen LogP contribution >= 0.6 is 0 Å². The normalized spacial score (nSPS) is 32.0. The zero-order chi connectivity index (χ0) is 6.10. The molecule has 0 spiro atoms. The van der Waals surface area contributed by atoms with E-state index in [9.17, 15) is 0 Å². The maximum Gasteiger partial charge on any atom is 0.116 e. The number of nitrogens with zero attached hydrogens (tertiary/aromatic N) is 2. The molecule has 3 heteroatoms. The van der Waals surface area contributed by atoms with Crippen LogP contribution in [0.15, 0.2) is 5.10 Å². The van der Waals surface area contributed by atoms with E-state index in [1.165, 1.54) is 25.8 Å². The van der Waals surface area contributed by atoms with Gasteiger partial charge in [-0.25, -0.2) is 0 Å². The summed E-state index contributed by atoms with van der Waals surface area (Å²) < 4.78 is 0. The number of nitrogens with one attached hydrogen (secondary N) is 1. The Morgan fingerprint density at radius 2 is 2.56 bits per heavy atom. The van der Waals surface area contributed by atoms with Crippen molar-refractivity contribution < 1.29 is 0 Å². The lowest BCUT2D eigenvalue weighted by molar-refractivity contribution is 0.238. The van der Waals surface area contributed by atoms with Crippen molar-refractivity contribution in [2.75, 3.05) is 6.54 Å². The molecule has 0 aliphatic carbocycles. The molecule has 3 nitrogen and oxygen atoms in total. The van der Waals surface area contributed by atoms with Crippen molar-refractivity contribution in [3.8, 4) is 0 Å². The zero-order valence-corrected chi connectivity index (χ0v) is 5.38. The summed E-state index contributed by atoms with van der Waals surface area (Å²) >= 11 is 0.